The van der Waals surface area contributed by atoms with Crippen LogP contribution in [0.1, 0.15) is 6.42 Å². The highest BCUT2D eigenvalue weighted by molar-refractivity contribution is 6.01. The Bertz CT molecular complexity index is 627. The number of carbonyl (C=O) groups excluding carboxylic acids is 1. The van der Waals surface area contributed by atoms with Crippen molar-refractivity contribution in [2.45, 2.75) is 18.6 Å². The summed E-state index contributed by atoms with van der Waals surface area (Å²) in [4.78, 5) is 26.1. The van der Waals surface area contributed by atoms with E-state index in [-0.39, 0.29) is 30.9 Å². The predicted octanol–water partition coefficient (Wildman–Crippen LogP) is -0.0120. The average molecular weight is 341 g/mol. The summed E-state index contributed by atoms with van der Waals surface area (Å²) in [6.07, 6.45) is -2.32. The number of benzene rings is 1. The molecule has 1 aliphatic rings. The van der Waals surface area contributed by atoms with Gasteiger partial charge < -0.3 is 30.4 Å². The Morgan fingerprint density at radius 2 is 2.21 bits per heavy atom. The van der Waals surface area contributed by atoms with E-state index < -0.39 is 36.6 Å². The lowest BCUT2D eigenvalue weighted by molar-refractivity contribution is -0.120. The molecule has 0 radical (unpaired) electrons. The Hall–Kier alpha value is -2.39. The number of β-amino-alcohol motifs (C(OH)–C–C–N with tert-alkyl or cyclic N) is 1. The number of fused-ring (bicyclic) bond motifs is 1. The first kappa shape index (κ1) is 18.0. The second kappa shape index (κ2) is 7.45. The number of nitrogens with zero attached hydrogens (tertiary/aromatic N) is 2. The van der Waals surface area contributed by atoms with Crippen molar-refractivity contribution in [2.24, 2.45) is 0 Å². The highest BCUT2D eigenvalue weighted by Gasteiger charge is 2.32. The molecule has 0 aromatic heterocycles. The Morgan fingerprint density at radius 1 is 1.50 bits per heavy atom. The van der Waals surface area contributed by atoms with Crippen molar-refractivity contribution in [3.05, 3.63) is 24.0 Å². The molecule has 0 saturated carbocycles. The van der Waals surface area contributed by atoms with Gasteiger partial charge >= 0.3 is 6.09 Å². The van der Waals surface area contributed by atoms with Gasteiger partial charge in [-0.2, -0.15) is 0 Å². The van der Waals surface area contributed by atoms with E-state index >= 15 is 0 Å². The van der Waals surface area contributed by atoms with E-state index in [1.807, 2.05) is 0 Å². The average Bonchev–Trinajstić information content (AvgIpc) is 2.54. The largest absolute Gasteiger partial charge is 0.465 e. The van der Waals surface area contributed by atoms with E-state index in [1.54, 1.807) is 0 Å². The molecule has 0 aliphatic carbocycles. The Balaban J connectivity index is 2.44. The molecule has 1 aliphatic heterocycles. The zero-order valence-electron chi connectivity index (χ0n) is 13.1. The minimum absolute atomic E-state index is 0.0493. The maximum Gasteiger partial charge on any atom is 0.405 e. The summed E-state index contributed by atoms with van der Waals surface area (Å²) in [6, 6.07) is 3.24. The van der Waals surface area contributed by atoms with Crippen molar-refractivity contribution in [3.8, 4) is 0 Å². The number of amides is 2. The molecule has 132 valence electrons. The first-order chi connectivity index (χ1) is 11.3. The second-order valence-electron chi connectivity index (χ2n) is 5.58. The number of aliphatic hydroxyl groups is 2. The summed E-state index contributed by atoms with van der Waals surface area (Å²) < 4.78 is 14.4. The number of hydrogen-bond acceptors (Lipinski definition) is 5. The van der Waals surface area contributed by atoms with Gasteiger partial charge in [0.1, 0.15) is 11.9 Å². The van der Waals surface area contributed by atoms with Gasteiger partial charge in [0.25, 0.3) is 0 Å². The lowest BCUT2D eigenvalue weighted by atomic mass is 10.1. The molecule has 0 spiro atoms. The van der Waals surface area contributed by atoms with Gasteiger partial charge in [0.05, 0.1) is 24.1 Å². The number of halogens is 1. The summed E-state index contributed by atoms with van der Waals surface area (Å²) in [7, 11) is 1.43. The van der Waals surface area contributed by atoms with Gasteiger partial charge in [-0.05, 0) is 18.6 Å². The number of carbonyl (C=O) groups is 2. The lowest BCUT2D eigenvalue weighted by Crippen LogP contribution is -2.51. The molecule has 0 fully saturated rings. The van der Waals surface area contributed by atoms with Crippen molar-refractivity contribution in [1.29, 1.82) is 0 Å². The highest BCUT2D eigenvalue weighted by atomic mass is 19.1. The normalized spacial score (nSPS) is 19.3. The summed E-state index contributed by atoms with van der Waals surface area (Å²) in [5.74, 6) is -1.06. The Kier molecular flexibility index (Phi) is 5.58. The van der Waals surface area contributed by atoms with E-state index in [2.05, 4.69) is 5.32 Å². The van der Waals surface area contributed by atoms with Gasteiger partial charge in [0.2, 0.25) is 5.91 Å². The van der Waals surface area contributed by atoms with E-state index in [9.17, 15) is 19.1 Å². The maximum atomic E-state index is 14.4. The number of hydrogen-bond donors (Lipinski definition) is 4. The van der Waals surface area contributed by atoms with Crippen LogP contribution in [-0.4, -0.2) is 66.2 Å². The van der Waals surface area contributed by atoms with Crippen molar-refractivity contribution in [3.63, 3.8) is 0 Å². The van der Waals surface area contributed by atoms with Crippen molar-refractivity contribution in [2.75, 3.05) is 36.5 Å². The van der Waals surface area contributed by atoms with E-state index in [1.165, 1.54) is 35.0 Å². The van der Waals surface area contributed by atoms with Gasteiger partial charge in [-0.3, -0.25) is 4.79 Å². The number of para-hydroxylation sites is 1. The first-order valence-electron chi connectivity index (χ1n) is 7.44. The van der Waals surface area contributed by atoms with Gasteiger partial charge in [0.15, 0.2) is 0 Å². The van der Waals surface area contributed by atoms with E-state index in [0.717, 1.165) is 0 Å². The van der Waals surface area contributed by atoms with Crippen LogP contribution >= 0.6 is 0 Å². The third kappa shape index (κ3) is 3.74. The van der Waals surface area contributed by atoms with Crippen molar-refractivity contribution in [1.82, 2.24) is 5.32 Å². The quantitative estimate of drug-likeness (QED) is 0.613. The van der Waals surface area contributed by atoms with Gasteiger partial charge in [-0.25, -0.2) is 9.18 Å². The third-order valence-electron chi connectivity index (χ3n) is 3.90. The molecule has 8 nitrogen and oxygen atoms in total. The molecular weight excluding hydrogens is 321 g/mol. The zero-order valence-corrected chi connectivity index (χ0v) is 13.1. The molecule has 1 aromatic rings. The number of nitrogens with one attached hydrogen (secondary N) is 1. The van der Waals surface area contributed by atoms with Crippen LogP contribution < -0.4 is 15.1 Å². The van der Waals surface area contributed by atoms with Gasteiger partial charge in [0, 0.05) is 20.1 Å². The number of rotatable bonds is 4. The SMILES string of the molecule is CN1C(=O)[C@@H](NC(=O)O)CCN(CC(O)CO)c2c(F)cccc21. The number of carboxylic acid groups (broad SMARTS) is 1. The summed E-state index contributed by atoms with van der Waals surface area (Å²) >= 11 is 0. The van der Waals surface area contributed by atoms with Crippen LogP contribution in [0.15, 0.2) is 18.2 Å². The molecular formula is C15H20FN3O5. The Labute approximate surface area is 138 Å². The molecule has 1 unspecified atom stereocenters. The topological polar surface area (TPSA) is 113 Å². The first-order valence-corrected chi connectivity index (χ1v) is 7.44. The van der Waals surface area contributed by atoms with Crippen LogP contribution in [0.4, 0.5) is 20.6 Å². The standard InChI is InChI=1S/C15H20FN3O5/c1-18-12-4-2-3-10(16)13(12)19(7-9(21)8-20)6-5-11(14(18)22)17-15(23)24/h2-4,9,11,17,20-21H,5-8H2,1H3,(H,23,24)/t9?,11-/m0/s1. The molecule has 0 saturated heterocycles. The van der Waals surface area contributed by atoms with Crippen LogP contribution in [0.5, 0.6) is 0 Å². The smallest absolute Gasteiger partial charge is 0.405 e. The van der Waals surface area contributed by atoms with E-state index in [4.69, 9.17) is 10.2 Å². The molecule has 2 amide bonds. The molecule has 1 aromatic carbocycles. The fourth-order valence-corrected chi connectivity index (χ4v) is 2.74. The maximum absolute atomic E-state index is 14.4. The van der Waals surface area contributed by atoms with Crippen LogP contribution in [0.3, 0.4) is 0 Å². The summed E-state index contributed by atoms with van der Waals surface area (Å²) in [5.41, 5.74) is 0.400. The monoisotopic (exact) mass is 341 g/mol. The predicted molar refractivity (Wildman–Crippen MR) is 84.7 cm³/mol. The molecule has 2 rings (SSSR count). The van der Waals surface area contributed by atoms with Crippen LogP contribution in [0.2, 0.25) is 0 Å². The number of aliphatic hydroxyl groups excluding tert-OH is 2. The number of anilines is 2. The second-order valence-corrected chi connectivity index (χ2v) is 5.58. The molecule has 2 atom stereocenters. The van der Waals surface area contributed by atoms with Crippen LogP contribution in [0, 0.1) is 5.82 Å². The highest BCUT2D eigenvalue weighted by Crippen LogP contribution is 2.34. The van der Waals surface area contributed by atoms with Gasteiger partial charge in [-0.1, -0.05) is 6.07 Å². The summed E-state index contributed by atoms with van der Waals surface area (Å²) in [6.45, 7) is -0.409. The molecule has 9 heteroatoms. The molecule has 4 N–H and O–H groups in total. The lowest BCUT2D eigenvalue weighted by Gasteiger charge is -2.36. The Morgan fingerprint density at radius 3 is 2.83 bits per heavy atom. The number of likely N-dealkylation sites (N-methyl/N-ethyl adjacent to an activating group) is 1. The zero-order chi connectivity index (χ0) is 17.9. The minimum Gasteiger partial charge on any atom is -0.465 e. The fourth-order valence-electron chi connectivity index (χ4n) is 2.74. The van der Waals surface area contributed by atoms with Gasteiger partial charge in [-0.15, -0.1) is 0 Å². The molecule has 1 heterocycles. The van der Waals surface area contributed by atoms with Crippen molar-refractivity contribution >= 4 is 23.4 Å². The third-order valence-corrected chi connectivity index (χ3v) is 3.90. The minimum atomic E-state index is -1.33. The molecule has 0 bridgehead atoms. The van der Waals surface area contributed by atoms with Crippen LogP contribution in [0.25, 0.3) is 0 Å². The van der Waals surface area contributed by atoms with Crippen molar-refractivity contribution < 1.29 is 29.3 Å². The molecule has 24 heavy (non-hydrogen) atoms. The summed E-state index contributed by atoms with van der Waals surface area (Å²) in [5, 5.41) is 29.8. The van der Waals surface area contributed by atoms with E-state index in [0.29, 0.717) is 0 Å². The van der Waals surface area contributed by atoms with Crippen LogP contribution in [-0.2, 0) is 4.79 Å². The fraction of sp³-hybridized carbons (Fsp3) is 0.467.